The zero-order valence-electron chi connectivity index (χ0n) is 22.1. The van der Waals surface area contributed by atoms with Gasteiger partial charge in [-0.05, 0) is 54.7 Å². The normalized spacial score (nSPS) is 16.8. The van der Waals surface area contributed by atoms with E-state index in [1.165, 1.54) is 16.5 Å². The average Bonchev–Trinajstić information content (AvgIpc) is 3.29. The minimum absolute atomic E-state index is 0.290. The van der Waals surface area contributed by atoms with E-state index in [0.29, 0.717) is 19.0 Å². The summed E-state index contributed by atoms with van der Waals surface area (Å²) in [6, 6.07) is 20.8. The van der Waals surface area contributed by atoms with Gasteiger partial charge in [-0.3, -0.25) is 9.78 Å². The Kier molecular flexibility index (Phi) is 7.12. The number of carbonyl (C=O) groups excluding carboxylic acids is 1. The lowest BCUT2D eigenvalue weighted by molar-refractivity contribution is -0.149. The Bertz CT molecular complexity index is 1450. The van der Waals surface area contributed by atoms with Gasteiger partial charge in [0.2, 0.25) is 5.91 Å². The molecule has 2 N–H and O–H groups in total. The number of nitrogens with zero attached hydrogens (tertiary/aromatic N) is 3. The molecule has 2 fully saturated rings. The zero-order valence-corrected chi connectivity index (χ0v) is 22.1. The SMILES string of the molecule is O=C(CCC(F)(F)F)N1CCC(c2ccc(Nc3[nH]c4ccccc4c3C3CN(c4cccnc4)C3)cc2)CC1. The molecule has 2 aliphatic heterocycles. The number of para-hydroxylation sites is 1. The molecule has 6 nitrogen and oxygen atoms in total. The van der Waals surface area contributed by atoms with E-state index in [0.717, 1.165) is 48.6 Å². The van der Waals surface area contributed by atoms with Crippen molar-refractivity contribution >= 4 is 34.0 Å². The number of fused-ring (bicyclic) bond motifs is 1. The first-order valence-electron chi connectivity index (χ1n) is 13.8. The fraction of sp³-hybridized carbons (Fsp3) is 0.355. The molecule has 0 saturated carbocycles. The molecule has 2 aromatic heterocycles. The molecule has 0 atom stereocenters. The molecule has 2 aromatic carbocycles. The maximum Gasteiger partial charge on any atom is 0.389 e. The van der Waals surface area contributed by atoms with Crippen LogP contribution in [0, 0.1) is 0 Å². The van der Waals surface area contributed by atoms with Gasteiger partial charge in [0.25, 0.3) is 0 Å². The van der Waals surface area contributed by atoms with Crippen molar-refractivity contribution in [3.05, 3.63) is 84.2 Å². The Labute approximate surface area is 231 Å². The first kappa shape index (κ1) is 26.2. The van der Waals surface area contributed by atoms with Crippen LogP contribution in [-0.2, 0) is 4.79 Å². The minimum atomic E-state index is -4.30. The molecule has 40 heavy (non-hydrogen) atoms. The van der Waals surface area contributed by atoms with Crippen molar-refractivity contribution in [2.75, 3.05) is 36.4 Å². The first-order chi connectivity index (χ1) is 19.3. The number of anilines is 3. The average molecular weight is 548 g/mol. The number of alkyl halides is 3. The molecular weight excluding hydrogens is 515 g/mol. The number of carbonyl (C=O) groups is 1. The topological polar surface area (TPSA) is 64.3 Å². The number of benzene rings is 2. The summed E-state index contributed by atoms with van der Waals surface area (Å²) in [4.78, 5) is 23.9. The molecule has 1 amide bonds. The van der Waals surface area contributed by atoms with Gasteiger partial charge in [0.1, 0.15) is 5.82 Å². The van der Waals surface area contributed by atoms with Crippen LogP contribution in [0.3, 0.4) is 0 Å². The van der Waals surface area contributed by atoms with E-state index in [4.69, 9.17) is 0 Å². The van der Waals surface area contributed by atoms with Gasteiger partial charge in [0.15, 0.2) is 0 Å². The summed E-state index contributed by atoms with van der Waals surface area (Å²) < 4.78 is 37.4. The second kappa shape index (κ2) is 10.9. The molecule has 4 heterocycles. The summed E-state index contributed by atoms with van der Waals surface area (Å²) >= 11 is 0. The quantitative estimate of drug-likeness (QED) is 0.263. The maximum atomic E-state index is 12.5. The smallest absolute Gasteiger partial charge is 0.369 e. The standard InChI is InChI=1S/C31H32F3N5O/c32-31(33,34)14-11-28(40)38-16-12-22(13-17-38)21-7-9-24(10-8-21)36-30-29(26-5-1-2-6-27(26)37-30)23-19-39(20-23)25-4-3-15-35-18-25/h1-10,15,18,22-23,36-37H,11-14,16-17,19-20H2. The van der Waals surface area contributed by atoms with Crippen LogP contribution in [0.1, 0.15) is 48.6 Å². The summed E-state index contributed by atoms with van der Waals surface area (Å²) in [5.41, 5.74) is 5.71. The van der Waals surface area contributed by atoms with Gasteiger partial charge in [-0.25, -0.2) is 0 Å². The van der Waals surface area contributed by atoms with Crippen molar-refractivity contribution in [2.45, 2.75) is 43.7 Å². The number of pyridine rings is 1. The van der Waals surface area contributed by atoms with Gasteiger partial charge in [0, 0.05) is 66.9 Å². The third kappa shape index (κ3) is 5.64. The maximum absolute atomic E-state index is 12.5. The molecule has 208 valence electrons. The lowest BCUT2D eigenvalue weighted by Gasteiger charge is -2.41. The molecule has 9 heteroatoms. The third-order valence-electron chi connectivity index (χ3n) is 8.17. The molecule has 0 aliphatic carbocycles. The lowest BCUT2D eigenvalue weighted by atomic mass is 9.89. The van der Waals surface area contributed by atoms with Crippen LogP contribution in [0.2, 0.25) is 0 Å². The monoisotopic (exact) mass is 547 g/mol. The number of rotatable bonds is 7. The Morgan fingerprint density at radius 1 is 0.975 bits per heavy atom. The number of piperidine rings is 1. The summed E-state index contributed by atoms with van der Waals surface area (Å²) in [6.45, 7) is 2.85. The van der Waals surface area contributed by atoms with Crippen molar-refractivity contribution < 1.29 is 18.0 Å². The van der Waals surface area contributed by atoms with Crippen LogP contribution in [0.25, 0.3) is 10.9 Å². The molecular formula is C31H32F3N5O. The van der Waals surface area contributed by atoms with Crippen molar-refractivity contribution in [2.24, 2.45) is 0 Å². The number of likely N-dealkylation sites (tertiary alicyclic amines) is 1. The van der Waals surface area contributed by atoms with E-state index in [9.17, 15) is 18.0 Å². The molecule has 4 aromatic rings. The highest BCUT2D eigenvalue weighted by molar-refractivity contribution is 5.91. The van der Waals surface area contributed by atoms with Gasteiger partial charge in [-0.2, -0.15) is 13.2 Å². The van der Waals surface area contributed by atoms with E-state index in [1.807, 2.05) is 18.3 Å². The number of nitrogens with one attached hydrogen (secondary N) is 2. The van der Waals surface area contributed by atoms with Crippen molar-refractivity contribution in [3.63, 3.8) is 0 Å². The molecule has 6 rings (SSSR count). The predicted molar refractivity (Wildman–Crippen MR) is 151 cm³/mol. The highest BCUT2D eigenvalue weighted by Crippen LogP contribution is 2.40. The second-order valence-corrected chi connectivity index (χ2v) is 10.8. The van der Waals surface area contributed by atoms with E-state index in [-0.39, 0.29) is 5.92 Å². The van der Waals surface area contributed by atoms with Crippen LogP contribution in [0.4, 0.5) is 30.4 Å². The molecule has 0 bridgehead atoms. The number of aromatic amines is 1. The number of amides is 1. The Balaban J connectivity index is 1.10. The van der Waals surface area contributed by atoms with Gasteiger partial charge in [-0.1, -0.05) is 30.3 Å². The Hall–Kier alpha value is -4.01. The van der Waals surface area contributed by atoms with Crippen LogP contribution >= 0.6 is 0 Å². The Morgan fingerprint density at radius 2 is 1.73 bits per heavy atom. The highest BCUT2D eigenvalue weighted by atomic mass is 19.4. The summed E-state index contributed by atoms with van der Waals surface area (Å²) in [5, 5.41) is 4.84. The number of hydrogen-bond acceptors (Lipinski definition) is 4. The van der Waals surface area contributed by atoms with Crippen molar-refractivity contribution in [1.29, 1.82) is 0 Å². The Morgan fingerprint density at radius 3 is 2.42 bits per heavy atom. The fourth-order valence-electron chi connectivity index (χ4n) is 5.95. The largest absolute Gasteiger partial charge is 0.389 e. The van der Waals surface area contributed by atoms with E-state index in [2.05, 4.69) is 68.7 Å². The zero-order chi connectivity index (χ0) is 27.7. The number of hydrogen-bond donors (Lipinski definition) is 2. The minimum Gasteiger partial charge on any atom is -0.369 e. The first-order valence-corrected chi connectivity index (χ1v) is 13.8. The summed E-state index contributed by atoms with van der Waals surface area (Å²) in [7, 11) is 0. The number of halogens is 3. The second-order valence-electron chi connectivity index (χ2n) is 10.8. The summed E-state index contributed by atoms with van der Waals surface area (Å²) in [5.74, 6) is 1.29. The highest BCUT2D eigenvalue weighted by Gasteiger charge is 2.33. The van der Waals surface area contributed by atoms with Gasteiger partial charge in [-0.15, -0.1) is 0 Å². The molecule has 0 spiro atoms. The van der Waals surface area contributed by atoms with E-state index < -0.39 is 24.9 Å². The van der Waals surface area contributed by atoms with Crippen LogP contribution in [0.15, 0.2) is 73.1 Å². The van der Waals surface area contributed by atoms with Gasteiger partial charge in [0.05, 0.1) is 18.3 Å². The molecule has 0 radical (unpaired) electrons. The molecule has 2 saturated heterocycles. The van der Waals surface area contributed by atoms with Crippen LogP contribution in [-0.4, -0.2) is 53.1 Å². The van der Waals surface area contributed by atoms with Crippen molar-refractivity contribution in [3.8, 4) is 0 Å². The van der Waals surface area contributed by atoms with Gasteiger partial charge >= 0.3 is 6.18 Å². The summed E-state index contributed by atoms with van der Waals surface area (Å²) in [6.07, 6.45) is -0.607. The predicted octanol–water partition coefficient (Wildman–Crippen LogP) is 6.96. The van der Waals surface area contributed by atoms with Crippen LogP contribution in [0.5, 0.6) is 0 Å². The van der Waals surface area contributed by atoms with Crippen molar-refractivity contribution in [1.82, 2.24) is 14.9 Å². The fourth-order valence-corrected chi connectivity index (χ4v) is 5.95. The molecule has 0 unspecified atom stereocenters. The van der Waals surface area contributed by atoms with Gasteiger partial charge < -0.3 is 20.1 Å². The molecule has 2 aliphatic rings. The number of aromatic nitrogens is 2. The third-order valence-corrected chi connectivity index (χ3v) is 8.17. The van der Waals surface area contributed by atoms with Crippen LogP contribution < -0.4 is 10.2 Å². The van der Waals surface area contributed by atoms with E-state index >= 15 is 0 Å². The van der Waals surface area contributed by atoms with E-state index in [1.54, 1.807) is 11.1 Å². The lowest BCUT2D eigenvalue weighted by Crippen LogP contribution is -2.45. The number of H-pyrrole nitrogens is 1.